The number of rotatable bonds is 1. The molecule has 0 N–H and O–H groups in total. The van der Waals surface area contributed by atoms with Crippen molar-refractivity contribution in [2.75, 3.05) is 0 Å². The summed E-state index contributed by atoms with van der Waals surface area (Å²) in [5.41, 5.74) is 1.57. The molecule has 0 spiro atoms. The van der Waals surface area contributed by atoms with Gasteiger partial charge in [0.05, 0.1) is 4.92 Å². The van der Waals surface area contributed by atoms with Crippen LogP contribution in [-0.2, 0) is 0 Å². The highest BCUT2D eigenvalue weighted by molar-refractivity contribution is 9.10. The van der Waals surface area contributed by atoms with Crippen LogP contribution in [0, 0.1) is 24.0 Å². The SMILES string of the molecule is Cc1ccc(Br)c(C)c1[N+](=O)[O-]. The molecule has 0 aliphatic rings. The Labute approximate surface area is 78.7 Å². The Morgan fingerprint density at radius 1 is 1.42 bits per heavy atom. The molecule has 0 saturated heterocycles. The zero-order chi connectivity index (χ0) is 9.30. The molecule has 0 aromatic heterocycles. The van der Waals surface area contributed by atoms with Crippen LogP contribution in [0.1, 0.15) is 11.1 Å². The first-order valence-electron chi connectivity index (χ1n) is 3.44. The molecule has 0 atom stereocenters. The van der Waals surface area contributed by atoms with Gasteiger partial charge in [0.15, 0.2) is 0 Å². The first kappa shape index (κ1) is 9.19. The Hall–Kier alpha value is -0.900. The molecule has 1 rings (SSSR count). The molecule has 0 bridgehead atoms. The van der Waals surface area contributed by atoms with Gasteiger partial charge in [0, 0.05) is 15.6 Å². The van der Waals surface area contributed by atoms with Gasteiger partial charge in [-0.1, -0.05) is 22.0 Å². The Morgan fingerprint density at radius 3 is 2.42 bits per heavy atom. The maximum Gasteiger partial charge on any atom is 0.276 e. The minimum atomic E-state index is -0.352. The number of benzene rings is 1. The van der Waals surface area contributed by atoms with Crippen molar-refractivity contribution in [3.63, 3.8) is 0 Å². The van der Waals surface area contributed by atoms with E-state index in [1.165, 1.54) is 0 Å². The summed E-state index contributed by atoms with van der Waals surface area (Å²) >= 11 is 3.24. The topological polar surface area (TPSA) is 43.1 Å². The van der Waals surface area contributed by atoms with E-state index in [1.807, 2.05) is 6.07 Å². The highest BCUT2D eigenvalue weighted by atomic mass is 79.9. The van der Waals surface area contributed by atoms with Crippen LogP contribution in [0.3, 0.4) is 0 Å². The van der Waals surface area contributed by atoms with Crippen molar-refractivity contribution in [3.8, 4) is 0 Å². The van der Waals surface area contributed by atoms with E-state index in [2.05, 4.69) is 15.9 Å². The second-order valence-corrected chi connectivity index (χ2v) is 3.45. The van der Waals surface area contributed by atoms with Crippen LogP contribution in [-0.4, -0.2) is 4.92 Å². The van der Waals surface area contributed by atoms with Gasteiger partial charge in [-0.05, 0) is 19.9 Å². The lowest BCUT2D eigenvalue weighted by Crippen LogP contribution is -1.95. The molecule has 12 heavy (non-hydrogen) atoms. The quantitative estimate of drug-likeness (QED) is 0.549. The predicted molar refractivity (Wildman–Crippen MR) is 50.3 cm³/mol. The summed E-state index contributed by atoms with van der Waals surface area (Å²) in [6, 6.07) is 3.55. The van der Waals surface area contributed by atoms with Gasteiger partial charge in [-0.2, -0.15) is 0 Å². The molecule has 1 aromatic rings. The van der Waals surface area contributed by atoms with E-state index in [9.17, 15) is 10.1 Å². The van der Waals surface area contributed by atoms with Crippen molar-refractivity contribution >= 4 is 21.6 Å². The maximum atomic E-state index is 10.6. The Bertz CT molecular complexity index is 336. The van der Waals surface area contributed by atoms with Crippen LogP contribution in [0.25, 0.3) is 0 Å². The lowest BCUT2D eigenvalue weighted by molar-refractivity contribution is -0.386. The zero-order valence-corrected chi connectivity index (χ0v) is 8.38. The van der Waals surface area contributed by atoms with E-state index < -0.39 is 0 Å². The second kappa shape index (κ2) is 3.23. The molecular weight excluding hydrogens is 222 g/mol. The maximum absolute atomic E-state index is 10.6. The predicted octanol–water partition coefficient (Wildman–Crippen LogP) is 2.97. The van der Waals surface area contributed by atoms with Gasteiger partial charge < -0.3 is 0 Å². The molecule has 0 fully saturated rings. The monoisotopic (exact) mass is 229 g/mol. The van der Waals surface area contributed by atoms with Crippen LogP contribution < -0.4 is 0 Å². The number of hydrogen-bond acceptors (Lipinski definition) is 2. The largest absolute Gasteiger partial charge is 0.276 e. The van der Waals surface area contributed by atoms with E-state index in [1.54, 1.807) is 19.9 Å². The van der Waals surface area contributed by atoms with E-state index in [0.29, 0.717) is 11.1 Å². The summed E-state index contributed by atoms with van der Waals surface area (Å²) < 4.78 is 0.778. The van der Waals surface area contributed by atoms with E-state index in [0.717, 1.165) is 4.47 Å². The van der Waals surface area contributed by atoms with Gasteiger partial charge in [-0.25, -0.2) is 0 Å². The van der Waals surface area contributed by atoms with Crippen molar-refractivity contribution < 1.29 is 4.92 Å². The molecule has 0 radical (unpaired) electrons. The van der Waals surface area contributed by atoms with Crippen molar-refractivity contribution in [3.05, 3.63) is 37.8 Å². The third kappa shape index (κ3) is 1.48. The van der Waals surface area contributed by atoms with Crippen molar-refractivity contribution in [2.24, 2.45) is 0 Å². The first-order chi connectivity index (χ1) is 5.54. The molecule has 0 unspecified atom stereocenters. The van der Waals surface area contributed by atoms with Crippen LogP contribution >= 0.6 is 15.9 Å². The summed E-state index contributed by atoms with van der Waals surface area (Å²) in [7, 11) is 0. The number of nitro benzene ring substituents is 1. The fourth-order valence-electron chi connectivity index (χ4n) is 1.09. The molecule has 0 saturated carbocycles. The van der Waals surface area contributed by atoms with Gasteiger partial charge in [-0.15, -0.1) is 0 Å². The molecule has 64 valence electrons. The van der Waals surface area contributed by atoms with Crippen LogP contribution in [0.2, 0.25) is 0 Å². The molecule has 0 heterocycles. The van der Waals surface area contributed by atoms with Crippen molar-refractivity contribution in [1.29, 1.82) is 0 Å². The van der Waals surface area contributed by atoms with E-state index >= 15 is 0 Å². The highest BCUT2D eigenvalue weighted by Gasteiger charge is 2.15. The summed E-state index contributed by atoms with van der Waals surface area (Å²) in [6.45, 7) is 3.47. The second-order valence-electron chi connectivity index (χ2n) is 2.60. The summed E-state index contributed by atoms with van der Waals surface area (Å²) in [6.07, 6.45) is 0. The Morgan fingerprint density at radius 2 is 2.00 bits per heavy atom. The van der Waals surface area contributed by atoms with Crippen molar-refractivity contribution in [1.82, 2.24) is 0 Å². The Balaban J connectivity index is 3.43. The van der Waals surface area contributed by atoms with Crippen LogP contribution in [0.15, 0.2) is 16.6 Å². The third-order valence-electron chi connectivity index (χ3n) is 1.75. The standard InChI is InChI=1S/C8H8BrNO2/c1-5-3-4-7(9)6(2)8(5)10(11)12/h3-4H,1-2H3. The molecule has 0 aliphatic carbocycles. The lowest BCUT2D eigenvalue weighted by Gasteiger charge is -2.01. The average Bonchev–Trinajstić information content (AvgIpc) is 1.97. The van der Waals surface area contributed by atoms with Gasteiger partial charge in [0.25, 0.3) is 5.69 Å². The summed E-state index contributed by atoms with van der Waals surface area (Å²) in [5, 5.41) is 10.6. The van der Waals surface area contributed by atoms with E-state index in [-0.39, 0.29) is 10.6 Å². The number of nitrogens with zero attached hydrogens (tertiary/aromatic N) is 1. The third-order valence-corrected chi connectivity index (χ3v) is 2.61. The van der Waals surface area contributed by atoms with Gasteiger partial charge in [0.2, 0.25) is 0 Å². The molecule has 0 aliphatic heterocycles. The normalized spacial score (nSPS) is 9.92. The average molecular weight is 230 g/mol. The fourth-order valence-corrected chi connectivity index (χ4v) is 1.41. The summed E-state index contributed by atoms with van der Waals surface area (Å²) in [4.78, 5) is 10.2. The minimum absolute atomic E-state index is 0.198. The molecule has 4 heteroatoms. The van der Waals surface area contributed by atoms with Crippen molar-refractivity contribution in [2.45, 2.75) is 13.8 Å². The van der Waals surface area contributed by atoms with Crippen LogP contribution in [0.4, 0.5) is 5.69 Å². The zero-order valence-electron chi connectivity index (χ0n) is 6.80. The lowest BCUT2D eigenvalue weighted by atomic mass is 10.1. The number of nitro groups is 1. The number of halogens is 1. The smallest absolute Gasteiger partial charge is 0.258 e. The van der Waals surface area contributed by atoms with Gasteiger partial charge in [0.1, 0.15) is 0 Å². The van der Waals surface area contributed by atoms with E-state index in [4.69, 9.17) is 0 Å². The van der Waals surface area contributed by atoms with Gasteiger partial charge >= 0.3 is 0 Å². The fraction of sp³-hybridized carbons (Fsp3) is 0.250. The summed E-state index contributed by atoms with van der Waals surface area (Å²) in [5.74, 6) is 0. The number of aryl methyl sites for hydroxylation is 1. The number of hydrogen-bond donors (Lipinski definition) is 0. The molecular formula is C8H8BrNO2. The Kier molecular flexibility index (Phi) is 2.47. The molecule has 0 amide bonds. The first-order valence-corrected chi connectivity index (χ1v) is 4.23. The minimum Gasteiger partial charge on any atom is -0.258 e. The molecule has 3 nitrogen and oxygen atoms in total. The molecule has 1 aromatic carbocycles. The van der Waals surface area contributed by atoms with Crippen LogP contribution in [0.5, 0.6) is 0 Å². The highest BCUT2D eigenvalue weighted by Crippen LogP contribution is 2.28. The van der Waals surface area contributed by atoms with Gasteiger partial charge in [-0.3, -0.25) is 10.1 Å².